The zero-order valence-corrected chi connectivity index (χ0v) is 9.02. The molecule has 0 amide bonds. The molecule has 0 fully saturated rings. The summed E-state index contributed by atoms with van der Waals surface area (Å²) >= 11 is 5.94. The van der Waals surface area contributed by atoms with E-state index >= 15 is 0 Å². The number of aryl methyl sites for hydroxylation is 1. The van der Waals surface area contributed by atoms with Crippen LogP contribution in [0.25, 0.3) is 0 Å². The molecule has 14 heavy (non-hydrogen) atoms. The van der Waals surface area contributed by atoms with Crippen LogP contribution in [0.1, 0.15) is 18.9 Å². The first-order valence-electron chi connectivity index (χ1n) is 4.67. The third-order valence-corrected chi connectivity index (χ3v) is 2.67. The van der Waals surface area contributed by atoms with Gasteiger partial charge in [-0.25, -0.2) is 4.39 Å². The van der Waals surface area contributed by atoms with E-state index < -0.39 is 5.67 Å². The van der Waals surface area contributed by atoms with E-state index in [4.69, 9.17) is 17.3 Å². The van der Waals surface area contributed by atoms with E-state index in [1.165, 1.54) is 6.92 Å². The molecular weight excluding hydrogens is 201 g/mol. The lowest BCUT2D eigenvalue weighted by atomic mass is 9.99. The number of hydrogen-bond acceptors (Lipinski definition) is 1. The second-order valence-electron chi connectivity index (χ2n) is 3.71. The first-order valence-corrected chi connectivity index (χ1v) is 5.05. The van der Waals surface area contributed by atoms with Crippen LogP contribution >= 0.6 is 11.6 Å². The van der Waals surface area contributed by atoms with E-state index in [0.29, 0.717) is 17.9 Å². The molecule has 0 saturated carbocycles. The lowest BCUT2D eigenvalue weighted by molar-refractivity contribution is 0.186. The van der Waals surface area contributed by atoms with Gasteiger partial charge in [-0.2, -0.15) is 0 Å². The van der Waals surface area contributed by atoms with Crippen molar-refractivity contribution >= 4 is 11.6 Å². The Balaban J connectivity index is 2.58. The first-order chi connectivity index (χ1) is 6.55. The molecule has 0 aliphatic rings. The third kappa shape index (κ3) is 3.28. The molecule has 1 atom stereocenters. The van der Waals surface area contributed by atoms with Crippen LogP contribution in [0.4, 0.5) is 4.39 Å². The predicted octanol–water partition coefficient (Wildman–Crippen LogP) is 2.96. The largest absolute Gasteiger partial charge is 0.328 e. The van der Waals surface area contributed by atoms with E-state index in [1.54, 1.807) is 0 Å². The first kappa shape index (κ1) is 11.5. The maximum Gasteiger partial charge on any atom is 0.120 e. The SMILES string of the molecule is CC(F)(CN)CCc1ccccc1Cl. The molecule has 78 valence electrons. The molecule has 1 aromatic rings. The molecule has 0 saturated heterocycles. The van der Waals surface area contributed by atoms with Gasteiger partial charge in [0.15, 0.2) is 0 Å². The molecule has 1 unspecified atom stereocenters. The van der Waals surface area contributed by atoms with Gasteiger partial charge in [-0.15, -0.1) is 0 Å². The molecule has 0 heterocycles. The summed E-state index contributed by atoms with van der Waals surface area (Å²) in [5, 5.41) is 0.695. The minimum atomic E-state index is -1.29. The Bertz CT molecular complexity index is 299. The molecule has 2 N–H and O–H groups in total. The molecule has 1 nitrogen and oxygen atoms in total. The van der Waals surface area contributed by atoms with E-state index in [1.807, 2.05) is 24.3 Å². The Hall–Kier alpha value is -0.600. The fourth-order valence-electron chi connectivity index (χ4n) is 1.20. The molecule has 0 aliphatic carbocycles. The second kappa shape index (κ2) is 4.76. The highest BCUT2D eigenvalue weighted by Crippen LogP contribution is 2.21. The number of halogens is 2. The van der Waals surface area contributed by atoms with Crippen LogP contribution in [0.2, 0.25) is 5.02 Å². The zero-order chi connectivity index (χ0) is 10.6. The van der Waals surface area contributed by atoms with Gasteiger partial charge in [0.2, 0.25) is 0 Å². The Labute approximate surface area is 89.1 Å². The summed E-state index contributed by atoms with van der Waals surface area (Å²) in [7, 11) is 0. The van der Waals surface area contributed by atoms with Gasteiger partial charge in [0.1, 0.15) is 5.67 Å². The Morgan fingerprint density at radius 2 is 2.07 bits per heavy atom. The Kier molecular flexibility index (Phi) is 3.90. The summed E-state index contributed by atoms with van der Waals surface area (Å²) < 4.78 is 13.5. The topological polar surface area (TPSA) is 26.0 Å². The van der Waals surface area contributed by atoms with Crippen LogP contribution in [-0.2, 0) is 6.42 Å². The van der Waals surface area contributed by atoms with Crippen molar-refractivity contribution in [3.8, 4) is 0 Å². The lowest BCUT2D eigenvalue weighted by Gasteiger charge is -2.17. The average molecular weight is 216 g/mol. The molecule has 0 radical (unpaired) electrons. The van der Waals surface area contributed by atoms with Crippen molar-refractivity contribution in [3.05, 3.63) is 34.9 Å². The highest BCUT2D eigenvalue weighted by atomic mass is 35.5. The van der Waals surface area contributed by atoms with Crippen molar-refractivity contribution in [2.75, 3.05) is 6.54 Å². The van der Waals surface area contributed by atoms with Crippen molar-refractivity contribution in [3.63, 3.8) is 0 Å². The van der Waals surface area contributed by atoms with Crippen molar-refractivity contribution in [1.82, 2.24) is 0 Å². The molecule has 1 rings (SSSR count). The summed E-state index contributed by atoms with van der Waals surface area (Å²) in [6.45, 7) is 1.57. The van der Waals surface area contributed by atoms with E-state index in [0.717, 1.165) is 5.56 Å². The summed E-state index contributed by atoms with van der Waals surface area (Å²) in [6, 6.07) is 7.49. The van der Waals surface area contributed by atoms with Crippen molar-refractivity contribution < 1.29 is 4.39 Å². The number of hydrogen-bond donors (Lipinski definition) is 1. The quantitative estimate of drug-likeness (QED) is 0.821. The molecule has 0 aromatic heterocycles. The number of benzene rings is 1. The molecule has 1 aromatic carbocycles. The van der Waals surface area contributed by atoms with Crippen LogP contribution in [0.3, 0.4) is 0 Å². The lowest BCUT2D eigenvalue weighted by Crippen LogP contribution is -2.29. The monoisotopic (exact) mass is 215 g/mol. The molecule has 0 aliphatic heterocycles. The highest BCUT2D eigenvalue weighted by Gasteiger charge is 2.20. The molecule has 3 heteroatoms. The summed E-state index contributed by atoms with van der Waals surface area (Å²) in [5.74, 6) is 0. The number of alkyl halides is 1. The van der Waals surface area contributed by atoms with Gasteiger partial charge in [0.25, 0.3) is 0 Å². The minimum absolute atomic E-state index is 0.0530. The fourth-order valence-corrected chi connectivity index (χ4v) is 1.43. The average Bonchev–Trinajstić information content (AvgIpc) is 2.17. The van der Waals surface area contributed by atoms with Crippen LogP contribution in [0.5, 0.6) is 0 Å². The minimum Gasteiger partial charge on any atom is -0.328 e. The maximum absolute atomic E-state index is 13.5. The van der Waals surface area contributed by atoms with E-state index in [2.05, 4.69) is 0 Å². The summed E-state index contributed by atoms with van der Waals surface area (Å²) in [5.41, 5.74) is 4.99. The van der Waals surface area contributed by atoms with Gasteiger partial charge in [-0.3, -0.25) is 0 Å². The number of nitrogens with two attached hydrogens (primary N) is 1. The smallest absolute Gasteiger partial charge is 0.120 e. The van der Waals surface area contributed by atoms with Crippen molar-refractivity contribution in [2.45, 2.75) is 25.4 Å². The Morgan fingerprint density at radius 1 is 1.43 bits per heavy atom. The van der Waals surface area contributed by atoms with Gasteiger partial charge in [-0.05, 0) is 31.4 Å². The molecular formula is C11H15ClFN. The maximum atomic E-state index is 13.5. The molecule has 0 bridgehead atoms. The van der Waals surface area contributed by atoms with Gasteiger partial charge in [0, 0.05) is 11.6 Å². The fraction of sp³-hybridized carbons (Fsp3) is 0.455. The standard InChI is InChI=1S/C11H15ClFN/c1-11(13,8-14)7-6-9-4-2-3-5-10(9)12/h2-5H,6-8,14H2,1H3. The van der Waals surface area contributed by atoms with Gasteiger partial charge < -0.3 is 5.73 Å². The normalized spacial score (nSPS) is 15.1. The zero-order valence-electron chi connectivity index (χ0n) is 8.26. The van der Waals surface area contributed by atoms with Crippen molar-refractivity contribution in [1.29, 1.82) is 0 Å². The Morgan fingerprint density at radius 3 is 2.64 bits per heavy atom. The number of rotatable bonds is 4. The van der Waals surface area contributed by atoms with Gasteiger partial charge in [0.05, 0.1) is 0 Å². The predicted molar refractivity (Wildman–Crippen MR) is 58.3 cm³/mol. The van der Waals surface area contributed by atoms with Crippen LogP contribution in [0, 0.1) is 0 Å². The summed E-state index contributed by atoms with van der Waals surface area (Å²) in [4.78, 5) is 0. The van der Waals surface area contributed by atoms with Crippen LogP contribution in [-0.4, -0.2) is 12.2 Å². The van der Waals surface area contributed by atoms with Crippen LogP contribution in [0.15, 0.2) is 24.3 Å². The van der Waals surface area contributed by atoms with Crippen molar-refractivity contribution in [2.24, 2.45) is 5.73 Å². The highest BCUT2D eigenvalue weighted by molar-refractivity contribution is 6.31. The van der Waals surface area contributed by atoms with E-state index in [-0.39, 0.29) is 6.54 Å². The van der Waals surface area contributed by atoms with Gasteiger partial charge in [-0.1, -0.05) is 29.8 Å². The van der Waals surface area contributed by atoms with E-state index in [9.17, 15) is 4.39 Å². The van der Waals surface area contributed by atoms with Gasteiger partial charge >= 0.3 is 0 Å². The second-order valence-corrected chi connectivity index (χ2v) is 4.12. The summed E-state index contributed by atoms with van der Waals surface area (Å²) in [6.07, 6.45) is 1.04. The van der Waals surface area contributed by atoms with Crippen LogP contribution < -0.4 is 5.73 Å². The third-order valence-electron chi connectivity index (χ3n) is 2.30. The molecule has 0 spiro atoms.